The van der Waals surface area contributed by atoms with E-state index in [-0.39, 0.29) is 23.7 Å². The molecule has 2 atom stereocenters. The van der Waals surface area contributed by atoms with Crippen LogP contribution in [0.1, 0.15) is 39.5 Å². The third-order valence-corrected chi connectivity index (χ3v) is 3.62. The van der Waals surface area contributed by atoms with Crippen molar-refractivity contribution in [3.63, 3.8) is 0 Å². The number of urea groups is 1. The monoisotopic (exact) mass is 258 g/mol. The topological polar surface area (TPSA) is 70.6 Å². The Labute approximate surface area is 109 Å². The van der Waals surface area contributed by atoms with Crippen molar-refractivity contribution in [2.45, 2.75) is 51.2 Å². The van der Waals surface area contributed by atoms with Crippen molar-refractivity contribution in [3.8, 4) is 0 Å². The van der Waals surface area contributed by atoms with Crippen LogP contribution < -0.4 is 10.6 Å². The summed E-state index contributed by atoms with van der Waals surface area (Å²) >= 11 is 0. The predicted molar refractivity (Wildman–Crippen MR) is 70.5 cm³/mol. The van der Waals surface area contributed by atoms with Crippen LogP contribution in [0.4, 0.5) is 4.79 Å². The molecular formula is C13H26N2O3. The number of hydrogen-bond donors (Lipinski definition) is 3. The van der Waals surface area contributed by atoms with Gasteiger partial charge in [0.2, 0.25) is 0 Å². The lowest BCUT2D eigenvalue weighted by atomic mass is 9.80. The average Bonchev–Trinajstić information content (AvgIpc) is 2.24. The van der Waals surface area contributed by atoms with Crippen molar-refractivity contribution >= 4 is 6.03 Å². The van der Waals surface area contributed by atoms with E-state index in [4.69, 9.17) is 4.74 Å². The molecule has 0 saturated heterocycles. The van der Waals surface area contributed by atoms with Crippen LogP contribution in [0, 0.1) is 5.92 Å². The quantitative estimate of drug-likeness (QED) is 0.644. The van der Waals surface area contributed by atoms with E-state index in [1.165, 1.54) is 6.42 Å². The van der Waals surface area contributed by atoms with Gasteiger partial charge in [0.15, 0.2) is 0 Å². The summed E-state index contributed by atoms with van der Waals surface area (Å²) < 4.78 is 5.43. The molecular weight excluding hydrogens is 232 g/mol. The van der Waals surface area contributed by atoms with Crippen molar-refractivity contribution in [1.29, 1.82) is 0 Å². The maximum Gasteiger partial charge on any atom is 0.314 e. The van der Waals surface area contributed by atoms with Gasteiger partial charge in [-0.2, -0.15) is 0 Å². The molecule has 0 radical (unpaired) electrons. The molecule has 18 heavy (non-hydrogen) atoms. The summed E-state index contributed by atoms with van der Waals surface area (Å²) in [6.45, 7) is 4.92. The largest absolute Gasteiger partial charge is 0.393 e. The lowest BCUT2D eigenvalue weighted by Crippen LogP contribution is -2.51. The zero-order valence-corrected chi connectivity index (χ0v) is 11.7. The normalized spacial score (nSPS) is 20.7. The summed E-state index contributed by atoms with van der Waals surface area (Å²) in [4.78, 5) is 11.6. The van der Waals surface area contributed by atoms with E-state index in [2.05, 4.69) is 10.6 Å². The van der Waals surface area contributed by atoms with Crippen LogP contribution in [0.25, 0.3) is 0 Å². The number of ether oxygens (including phenoxy) is 1. The number of carbonyl (C=O) groups excluding carboxylic acids is 1. The van der Waals surface area contributed by atoms with E-state index in [9.17, 15) is 9.90 Å². The predicted octanol–water partition coefficient (Wildman–Crippen LogP) is 1.26. The Balaban J connectivity index is 2.14. The fourth-order valence-electron chi connectivity index (χ4n) is 2.26. The Hall–Kier alpha value is -0.810. The molecule has 1 rings (SSSR count). The molecule has 1 saturated carbocycles. The van der Waals surface area contributed by atoms with Crippen LogP contribution in [0.15, 0.2) is 0 Å². The van der Waals surface area contributed by atoms with E-state index >= 15 is 0 Å². The highest BCUT2D eigenvalue weighted by molar-refractivity contribution is 5.73. The fraction of sp³-hybridized carbons (Fsp3) is 0.923. The van der Waals surface area contributed by atoms with Gasteiger partial charge < -0.3 is 20.5 Å². The first-order valence-corrected chi connectivity index (χ1v) is 6.72. The van der Waals surface area contributed by atoms with Gasteiger partial charge in [0, 0.05) is 20.2 Å². The zero-order chi connectivity index (χ0) is 13.6. The van der Waals surface area contributed by atoms with Gasteiger partial charge in [-0.1, -0.05) is 6.92 Å². The molecule has 0 spiro atoms. The zero-order valence-electron chi connectivity index (χ0n) is 11.7. The highest BCUT2D eigenvalue weighted by Gasteiger charge is 2.37. The molecule has 1 fully saturated rings. The van der Waals surface area contributed by atoms with E-state index in [1.54, 1.807) is 14.0 Å². The maximum atomic E-state index is 11.6. The van der Waals surface area contributed by atoms with Gasteiger partial charge in [0.25, 0.3) is 0 Å². The van der Waals surface area contributed by atoms with Gasteiger partial charge in [0.05, 0.1) is 11.7 Å². The van der Waals surface area contributed by atoms with Gasteiger partial charge in [-0.05, 0) is 38.5 Å². The number of nitrogens with one attached hydrogen (secondary N) is 2. The van der Waals surface area contributed by atoms with Crippen LogP contribution >= 0.6 is 0 Å². The summed E-state index contributed by atoms with van der Waals surface area (Å²) in [5, 5.41) is 14.9. The van der Waals surface area contributed by atoms with Gasteiger partial charge in [-0.15, -0.1) is 0 Å². The van der Waals surface area contributed by atoms with Crippen LogP contribution in [0.3, 0.4) is 0 Å². The number of amides is 2. The molecule has 0 aromatic carbocycles. The second-order valence-electron chi connectivity index (χ2n) is 5.49. The number of carbonyl (C=O) groups is 1. The molecule has 106 valence electrons. The van der Waals surface area contributed by atoms with Crippen LogP contribution in [0.5, 0.6) is 0 Å². The number of hydrogen-bond acceptors (Lipinski definition) is 3. The molecule has 3 N–H and O–H groups in total. The number of aliphatic hydroxyl groups is 1. The van der Waals surface area contributed by atoms with Gasteiger partial charge in [-0.25, -0.2) is 4.79 Å². The maximum absolute atomic E-state index is 11.6. The lowest BCUT2D eigenvalue weighted by molar-refractivity contribution is -0.0674. The second kappa shape index (κ2) is 6.95. The first-order chi connectivity index (χ1) is 8.47. The first-order valence-electron chi connectivity index (χ1n) is 6.72. The molecule has 2 unspecified atom stereocenters. The Kier molecular flexibility index (Phi) is 5.88. The molecule has 1 aliphatic carbocycles. The first kappa shape index (κ1) is 15.2. The minimum atomic E-state index is -0.323. The molecule has 0 bridgehead atoms. The second-order valence-corrected chi connectivity index (χ2v) is 5.49. The Morgan fingerprint density at radius 3 is 2.50 bits per heavy atom. The molecule has 0 aromatic rings. The molecule has 2 amide bonds. The molecule has 5 heteroatoms. The minimum absolute atomic E-state index is 0.136. The summed E-state index contributed by atoms with van der Waals surface area (Å²) in [6, 6.07) is -0.157. The molecule has 0 heterocycles. The number of aliphatic hydroxyl groups excluding tert-OH is 1. The smallest absolute Gasteiger partial charge is 0.314 e. The van der Waals surface area contributed by atoms with Gasteiger partial charge >= 0.3 is 6.03 Å². The van der Waals surface area contributed by atoms with Crippen molar-refractivity contribution in [1.82, 2.24) is 10.6 Å². The SMILES string of the molecule is COC1(CNC(=O)NCC(C)CC(C)O)CCC1. The summed E-state index contributed by atoms with van der Waals surface area (Å²) in [5.74, 6) is 0.274. The van der Waals surface area contributed by atoms with Crippen molar-refractivity contribution < 1.29 is 14.6 Å². The Morgan fingerprint density at radius 2 is 2.06 bits per heavy atom. The number of methoxy groups -OCH3 is 1. The Morgan fingerprint density at radius 1 is 1.39 bits per heavy atom. The molecule has 5 nitrogen and oxygen atoms in total. The fourth-order valence-corrected chi connectivity index (χ4v) is 2.26. The standard InChI is InChI=1S/C13H26N2O3/c1-10(7-11(2)16)8-14-12(17)15-9-13(18-3)5-4-6-13/h10-11,16H,4-9H2,1-3H3,(H2,14,15,17). The average molecular weight is 258 g/mol. The summed E-state index contributed by atoms with van der Waals surface area (Å²) in [6.07, 6.45) is 3.58. The molecule has 0 aliphatic heterocycles. The van der Waals surface area contributed by atoms with Crippen molar-refractivity contribution in [2.24, 2.45) is 5.92 Å². The van der Waals surface area contributed by atoms with Crippen LogP contribution in [-0.2, 0) is 4.74 Å². The van der Waals surface area contributed by atoms with Gasteiger partial charge in [-0.3, -0.25) is 0 Å². The highest BCUT2D eigenvalue weighted by atomic mass is 16.5. The van der Waals surface area contributed by atoms with Crippen molar-refractivity contribution in [2.75, 3.05) is 20.2 Å². The van der Waals surface area contributed by atoms with E-state index < -0.39 is 0 Å². The number of rotatable bonds is 7. The van der Waals surface area contributed by atoms with E-state index in [0.717, 1.165) is 12.8 Å². The summed E-state index contributed by atoms with van der Waals surface area (Å²) in [7, 11) is 1.70. The van der Waals surface area contributed by atoms with Crippen LogP contribution in [0.2, 0.25) is 0 Å². The third-order valence-electron chi connectivity index (χ3n) is 3.62. The Bertz CT molecular complexity index is 259. The third kappa shape index (κ3) is 4.82. The minimum Gasteiger partial charge on any atom is -0.393 e. The summed E-state index contributed by atoms with van der Waals surface area (Å²) in [5.41, 5.74) is -0.136. The van der Waals surface area contributed by atoms with Gasteiger partial charge in [0.1, 0.15) is 0 Å². The van der Waals surface area contributed by atoms with E-state index in [1.807, 2.05) is 6.92 Å². The lowest BCUT2D eigenvalue weighted by Gasteiger charge is -2.40. The van der Waals surface area contributed by atoms with Crippen LogP contribution in [-0.4, -0.2) is 43.0 Å². The molecule has 0 aromatic heterocycles. The van der Waals surface area contributed by atoms with Crippen molar-refractivity contribution in [3.05, 3.63) is 0 Å². The molecule has 1 aliphatic rings. The van der Waals surface area contributed by atoms with E-state index in [0.29, 0.717) is 19.5 Å². The highest BCUT2D eigenvalue weighted by Crippen LogP contribution is 2.34.